The van der Waals surface area contributed by atoms with Gasteiger partial charge in [0, 0.05) is 22.5 Å². The van der Waals surface area contributed by atoms with Crippen LogP contribution in [0, 0.1) is 13.8 Å². The second-order valence-corrected chi connectivity index (χ2v) is 5.36. The number of anilines is 1. The molecule has 0 saturated heterocycles. The van der Waals surface area contributed by atoms with Crippen molar-refractivity contribution in [2.24, 2.45) is 0 Å². The number of aromatic amines is 1. The van der Waals surface area contributed by atoms with Crippen LogP contribution in [0.1, 0.15) is 21.6 Å². The summed E-state index contributed by atoms with van der Waals surface area (Å²) >= 11 is 1.40. The monoisotopic (exact) mass is 271 g/mol. The van der Waals surface area contributed by atoms with Gasteiger partial charge < -0.3 is 4.98 Å². The summed E-state index contributed by atoms with van der Waals surface area (Å²) in [5, 5.41) is 6.32. The maximum absolute atomic E-state index is 12.2. The van der Waals surface area contributed by atoms with Gasteiger partial charge in [0.2, 0.25) is 0 Å². The van der Waals surface area contributed by atoms with Crippen LogP contribution in [-0.4, -0.2) is 15.9 Å². The number of aryl methyl sites for hydroxylation is 2. The number of hydrogen-bond acceptors (Lipinski definition) is 3. The molecule has 0 saturated carbocycles. The summed E-state index contributed by atoms with van der Waals surface area (Å²) in [6, 6.07) is 6.11. The number of carbonyl (C=O) groups excluding carboxylic acids is 1. The Morgan fingerprint density at radius 2 is 2.21 bits per heavy atom. The molecule has 3 rings (SSSR count). The minimum atomic E-state index is -0.152. The highest BCUT2D eigenvalue weighted by atomic mass is 32.1. The summed E-state index contributed by atoms with van der Waals surface area (Å²) in [7, 11) is 0. The number of fused-ring (bicyclic) bond motifs is 1. The van der Waals surface area contributed by atoms with Gasteiger partial charge in [-0.1, -0.05) is 11.6 Å². The van der Waals surface area contributed by atoms with Gasteiger partial charge in [-0.25, -0.2) is 4.98 Å². The molecule has 2 heterocycles. The fourth-order valence-electron chi connectivity index (χ4n) is 2.11. The van der Waals surface area contributed by atoms with Crippen molar-refractivity contribution in [3.63, 3.8) is 0 Å². The first-order valence-corrected chi connectivity index (χ1v) is 6.83. The smallest absolute Gasteiger partial charge is 0.274 e. The fourth-order valence-corrected chi connectivity index (χ4v) is 2.64. The van der Waals surface area contributed by atoms with Crippen LogP contribution in [0.25, 0.3) is 10.9 Å². The molecule has 4 nitrogen and oxygen atoms in total. The van der Waals surface area contributed by atoms with Crippen LogP contribution in [0.5, 0.6) is 0 Å². The third-order valence-corrected chi connectivity index (χ3v) is 3.78. The maximum atomic E-state index is 12.2. The summed E-state index contributed by atoms with van der Waals surface area (Å²) in [4.78, 5) is 19.4. The molecule has 0 atom stereocenters. The molecule has 96 valence electrons. The van der Waals surface area contributed by atoms with E-state index in [-0.39, 0.29) is 5.91 Å². The van der Waals surface area contributed by atoms with E-state index in [9.17, 15) is 4.79 Å². The Balaban J connectivity index is 2.00. The topological polar surface area (TPSA) is 57.8 Å². The molecule has 5 heteroatoms. The molecule has 0 fully saturated rings. The Hall–Kier alpha value is -2.14. The lowest BCUT2D eigenvalue weighted by Crippen LogP contribution is -2.13. The molecule has 1 amide bonds. The van der Waals surface area contributed by atoms with E-state index in [1.807, 2.05) is 31.4 Å². The zero-order chi connectivity index (χ0) is 13.4. The lowest BCUT2D eigenvalue weighted by molar-refractivity contribution is 0.102. The average Bonchev–Trinajstić information content (AvgIpc) is 2.98. The molecular weight excluding hydrogens is 258 g/mol. The van der Waals surface area contributed by atoms with Crippen molar-refractivity contribution in [2.45, 2.75) is 13.8 Å². The van der Waals surface area contributed by atoms with Crippen LogP contribution < -0.4 is 5.32 Å². The first-order valence-electron chi connectivity index (χ1n) is 5.95. The second kappa shape index (κ2) is 4.51. The van der Waals surface area contributed by atoms with Crippen LogP contribution in [0.3, 0.4) is 0 Å². The van der Waals surface area contributed by atoms with E-state index >= 15 is 0 Å². The van der Waals surface area contributed by atoms with Crippen molar-refractivity contribution in [2.75, 3.05) is 5.32 Å². The molecule has 0 radical (unpaired) electrons. The predicted octanol–water partition coefficient (Wildman–Crippen LogP) is 3.49. The van der Waals surface area contributed by atoms with Crippen molar-refractivity contribution in [3.8, 4) is 0 Å². The number of nitrogens with one attached hydrogen (secondary N) is 2. The molecule has 2 aromatic heterocycles. The quantitative estimate of drug-likeness (QED) is 0.749. The highest BCUT2D eigenvalue weighted by molar-refractivity contribution is 7.13. The van der Waals surface area contributed by atoms with Gasteiger partial charge in [0.15, 0.2) is 5.13 Å². The van der Waals surface area contributed by atoms with Crippen molar-refractivity contribution in [3.05, 3.63) is 46.6 Å². The minimum Gasteiger partial charge on any atom is -0.350 e. The highest BCUT2D eigenvalue weighted by Crippen LogP contribution is 2.23. The Labute approximate surface area is 114 Å². The van der Waals surface area contributed by atoms with E-state index < -0.39 is 0 Å². The number of aromatic nitrogens is 2. The average molecular weight is 271 g/mol. The number of hydrogen-bond donors (Lipinski definition) is 2. The number of H-pyrrole nitrogens is 1. The molecule has 0 unspecified atom stereocenters. The predicted molar refractivity (Wildman–Crippen MR) is 77.8 cm³/mol. The molecule has 0 aliphatic carbocycles. The number of rotatable bonds is 2. The van der Waals surface area contributed by atoms with E-state index in [0.29, 0.717) is 10.8 Å². The van der Waals surface area contributed by atoms with Crippen molar-refractivity contribution in [1.29, 1.82) is 0 Å². The number of nitrogens with zero attached hydrogens (tertiary/aromatic N) is 1. The van der Waals surface area contributed by atoms with E-state index in [4.69, 9.17) is 0 Å². The number of benzene rings is 1. The van der Waals surface area contributed by atoms with Gasteiger partial charge in [0.25, 0.3) is 5.91 Å². The molecule has 0 aliphatic rings. The maximum Gasteiger partial charge on any atom is 0.274 e. The van der Waals surface area contributed by atoms with Crippen LogP contribution >= 0.6 is 11.3 Å². The number of thiazole rings is 1. The van der Waals surface area contributed by atoms with E-state index in [1.54, 1.807) is 6.20 Å². The molecule has 3 aromatic rings. The molecule has 19 heavy (non-hydrogen) atoms. The lowest BCUT2D eigenvalue weighted by atomic mass is 10.1. The van der Waals surface area contributed by atoms with Crippen LogP contribution in [0.2, 0.25) is 0 Å². The summed E-state index contributed by atoms with van der Waals surface area (Å²) in [6.07, 6.45) is 1.67. The SMILES string of the molecule is Cc1ccc2[nH]c(C(=O)Nc3nccs3)c(C)c2c1. The van der Waals surface area contributed by atoms with Crippen LogP contribution in [0.15, 0.2) is 29.8 Å². The Bertz CT molecular complexity index is 743. The van der Waals surface area contributed by atoms with Crippen LogP contribution in [0.4, 0.5) is 5.13 Å². The highest BCUT2D eigenvalue weighted by Gasteiger charge is 2.15. The largest absolute Gasteiger partial charge is 0.350 e. The first-order chi connectivity index (χ1) is 9.15. The summed E-state index contributed by atoms with van der Waals surface area (Å²) in [6.45, 7) is 4.00. The van der Waals surface area contributed by atoms with Crippen molar-refractivity contribution < 1.29 is 4.79 Å². The fraction of sp³-hybridized carbons (Fsp3) is 0.143. The molecule has 0 bridgehead atoms. The van der Waals surface area contributed by atoms with Gasteiger partial charge in [0.05, 0.1) is 0 Å². The lowest BCUT2D eigenvalue weighted by Gasteiger charge is -2.00. The zero-order valence-electron chi connectivity index (χ0n) is 10.7. The van der Waals surface area contributed by atoms with Crippen LogP contribution in [-0.2, 0) is 0 Å². The number of amides is 1. The van der Waals surface area contributed by atoms with Gasteiger partial charge in [-0.2, -0.15) is 0 Å². The van der Waals surface area contributed by atoms with Crippen molar-refractivity contribution >= 4 is 33.3 Å². The van der Waals surface area contributed by atoms with Gasteiger partial charge in [-0.3, -0.25) is 10.1 Å². The van der Waals surface area contributed by atoms with Crippen molar-refractivity contribution in [1.82, 2.24) is 9.97 Å². The van der Waals surface area contributed by atoms with E-state index in [1.165, 1.54) is 16.9 Å². The minimum absolute atomic E-state index is 0.152. The van der Waals surface area contributed by atoms with E-state index in [2.05, 4.69) is 21.4 Å². The van der Waals surface area contributed by atoms with E-state index in [0.717, 1.165) is 16.5 Å². The Kier molecular flexibility index (Phi) is 2.83. The van der Waals surface area contributed by atoms with Gasteiger partial charge in [-0.15, -0.1) is 11.3 Å². The molecule has 1 aromatic carbocycles. The second-order valence-electron chi connectivity index (χ2n) is 4.47. The van der Waals surface area contributed by atoms with Gasteiger partial charge in [0.1, 0.15) is 5.69 Å². The standard InChI is InChI=1S/C14H13N3OS/c1-8-3-4-11-10(7-8)9(2)12(16-11)13(18)17-14-15-5-6-19-14/h3-7,16H,1-2H3,(H,15,17,18). The summed E-state index contributed by atoms with van der Waals surface area (Å²) in [5.74, 6) is -0.152. The molecule has 0 aliphatic heterocycles. The van der Waals surface area contributed by atoms with Gasteiger partial charge in [-0.05, 0) is 31.5 Å². The van der Waals surface area contributed by atoms with Gasteiger partial charge >= 0.3 is 0 Å². The third kappa shape index (κ3) is 2.13. The normalized spacial score (nSPS) is 10.8. The number of carbonyl (C=O) groups is 1. The third-order valence-electron chi connectivity index (χ3n) is 3.09. The first kappa shape index (κ1) is 11.9. The molecule has 0 spiro atoms. The molecular formula is C14H13N3OS. The Morgan fingerprint density at radius 1 is 1.37 bits per heavy atom. The molecule has 2 N–H and O–H groups in total. The summed E-state index contributed by atoms with van der Waals surface area (Å²) in [5.41, 5.74) is 3.72. The Morgan fingerprint density at radius 3 is 2.95 bits per heavy atom. The zero-order valence-corrected chi connectivity index (χ0v) is 11.5. The summed E-state index contributed by atoms with van der Waals surface area (Å²) < 4.78 is 0.